The predicted molar refractivity (Wildman–Crippen MR) is 89.5 cm³/mol. The molecule has 0 aliphatic heterocycles. The Morgan fingerprint density at radius 1 is 1.29 bits per heavy atom. The number of nitrogens with one attached hydrogen (secondary N) is 1. The molecule has 1 aliphatic rings. The summed E-state index contributed by atoms with van der Waals surface area (Å²) >= 11 is 0. The van der Waals surface area contributed by atoms with E-state index in [2.05, 4.69) is 56.9 Å². The Kier molecular flexibility index (Phi) is 5.48. The number of hydrogen-bond donors (Lipinski definition) is 1. The molecule has 3 nitrogen and oxygen atoms in total. The first-order valence-corrected chi connectivity index (χ1v) is 8.64. The van der Waals surface area contributed by atoms with Crippen molar-refractivity contribution in [3.05, 3.63) is 18.0 Å². The van der Waals surface area contributed by atoms with Crippen LogP contribution in [-0.2, 0) is 6.42 Å². The minimum Gasteiger partial charge on any atom is -0.312 e. The van der Waals surface area contributed by atoms with Gasteiger partial charge in [0.25, 0.3) is 0 Å². The summed E-state index contributed by atoms with van der Waals surface area (Å²) in [5, 5.41) is 8.50. The Labute approximate surface area is 130 Å². The third kappa shape index (κ3) is 5.14. The zero-order valence-corrected chi connectivity index (χ0v) is 14.5. The van der Waals surface area contributed by atoms with Crippen LogP contribution in [0.25, 0.3) is 0 Å². The maximum atomic E-state index is 4.85. The zero-order chi connectivity index (χ0) is 15.5. The monoisotopic (exact) mass is 291 g/mol. The minimum atomic E-state index is 0.191. The predicted octanol–water partition coefficient (Wildman–Crippen LogP) is 4.20. The van der Waals surface area contributed by atoms with Crippen LogP contribution in [0.3, 0.4) is 0 Å². The van der Waals surface area contributed by atoms with Gasteiger partial charge in [0.05, 0.1) is 11.7 Å². The van der Waals surface area contributed by atoms with Crippen LogP contribution >= 0.6 is 0 Å². The number of hydrogen-bond acceptors (Lipinski definition) is 2. The van der Waals surface area contributed by atoms with Gasteiger partial charge in [0.15, 0.2) is 0 Å². The fourth-order valence-corrected chi connectivity index (χ4v) is 3.11. The normalized spacial score (nSPS) is 18.6. The van der Waals surface area contributed by atoms with Gasteiger partial charge in [-0.3, -0.25) is 4.68 Å². The maximum absolute atomic E-state index is 4.85. The molecule has 1 aromatic heterocycles. The molecule has 1 saturated carbocycles. The van der Waals surface area contributed by atoms with Crippen LogP contribution in [0.5, 0.6) is 0 Å². The van der Waals surface area contributed by atoms with E-state index in [-0.39, 0.29) is 5.54 Å². The first kappa shape index (κ1) is 16.5. The van der Waals surface area contributed by atoms with Gasteiger partial charge in [0.1, 0.15) is 0 Å². The summed E-state index contributed by atoms with van der Waals surface area (Å²) in [6.45, 7) is 12.4. The first-order chi connectivity index (χ1) is 9.85. The van der Waals surface area contributed by atoms with Crippen LogP contribution in [0.1, 0.15) is 72.0 Å². The van der Waals surface area contributed by atoms with Crippen molar-refractivity contribution in [2.24, 2.45) is 11.8 Å². The van der Waals surface area contributed by atoms with Gasteiger partial charge < -0.3 is 5.32 Å². The molecule has 0 bridgehead atoms. The molecule has 1 atom stereocenters. The molecule has 21 heavy (non-hydrogen) atoms. The third-order valence-corrected chi connectivity index (χ3v) is 4.67. The molecule has 3 heteroatoms. The van der Waals surface area contributed by atoms with Gasteiger partial charge in [-0.15, -0.1) is 0 Å². The molecule has 0 spiro atoms. The molecule has 0 aromatic carbocycles. The van der Waals surface area contributed by atoms with Crippen LogP contribution in [0.4, 0.5) is 0 Å². The molecule has 1 aliphatic carbocycles. The minimum absolute atomic E-state index is 0.191. The van der Waals surface area contributed by atoms with E-state index in [0.717, 1.165) is 13.0 Å². The van der Waals surface area contributed by atoms with Crippen molar-refractivity contribution in [3.63, 3.8) is 0 Å². The Morgan fingerprint density at radius 3 is 2.52 bits per heavy atom. The molecule has 0 amide bonds. The van der Waals surface area contributed by atoms with Crippen molar-refractivity contribution in [1.29, 1.82) is 0 Å². The van der Waals surface area contributed by atoms with E-state index in [4.69, 9.17) is 5.10 Å². The van der Waals surface area contributed by atoms with E-state index in [9.17, 15) is 0 Å². The molecule has 1 heterocycles. The average Bonchev–Trinajstić information content (AvgIpc) is 3.03. The van der Waals surface area contributed by atoms with Crippen molar-refractivity contribution in [1.82, 2.24) is 15.1 Å². The lowest BCUT2D eigenvalue weighted by atomic mass is 9.90. The zero-order valence-electron chi connectivity index (χ0n) is 14.5. The molecular formula is C18H33N3. The van der Waals surface area contributed by atoms with E-state index < -0.39 is 0 Å². The van der Waals surface area contributed by atoms with Crippen LogP contribution in [0.2, 0.25) is 0 Å². The summed E-state index contributed by atoms with van der Waals surface area (Å²) in [4.78, 5) is 0. The summed E-state index contributed by atoms with van der Waals surface area (Å²) in [7, 11) is 0. The Morgan fingerprint density at radius 2 is 1.95 bits per heavy atom. The fraction of sp³-hybridized carbons (Fsp3) is 0.833. The summed E-state index contributed by atoms with van der Waals surface area (Å²) in [5.41, 5.74) is 1.45. The molecule has 0 radical (unpaired) electrons. The molecule has 1 aromatic rings. The largest absolute Gasteiger partial charge is 0.312 e. The van der Waals surface area contributed by atoms with Gasteiger partial charge >= 0.3 is 0 Å². The van der Waals surface area contributed by atoms with E-state index >= 15 is 0 Å². The second-order valence-corrected chi connectivity index (χ2v) is 8.06. The van der Waals surface area contributed by atoms with E-state index in [1.807, 2.05) is 0 Å². The summed E-state index contributed by atoms with van der Waals surface area (Å²) < 4.78 is 2.22. The van der Waals surface area contributed by atoms with E-state index in [1.54, 1.807) is 0 Å². The van der Waals surface area contributed by atoms with Crippen molar-refractivity contribution in [2.75, 3.05) is 6.54 Å². The molecule has 120 valence electrons. The molecule has 1 fully saturated rings. The lowest BCUT2D eigenvalue weighted by molar-refractivity contribution is 0.309. The van der Waals surface area contributed by atoms with Gasteiger partial charge in [-0.1, -0.05) is 26.7 Å². The number of rotatable bonds is 6. The lowest BCUT2D eigenvalue weighted by Gasteiger charge is -2.27. The van der Waals surface area contributed by atoms with Gasteiger partial charge in [-0.2, -0.15) is 5.10 Å². The van der Waals surface area contributed by atoms with Crippen LogP contribution in [0.15, 0.2) is 12.3 Å². The van der Waals surface area contributed by atoms with Crippen LogP contribution in [0, 0.1) is 11.8 Å². The SMILES string of the molecule is CC(C)C(CNC(C)(C)C)Cc1ccn(C2CCCC2)n1. The molecule has 2 rings (SSSR count). The van der Waals surface area contributed by atoms with Gasteiger partial charge in [-0.25, -0.2) is 0 Å². The number of nitrogens with zero attached hydrogens (tertiary/aromatic N) is 2. The van der Waals surface area contributed by atoms with Crippen LogP contribution in [-0.4, -0.2) is 21.9 Å². The fourth-order valence-electron chi connectivity index (χ4n) is 3.11. The molecule has 1 unspecified atom stereocenters. The highest BCUT2D eigenvalue weighted by molar-refractivity contribution is 5.02. The Balaban J connectivity index is 1.93. The van der Waals surface area contributed by atoms with Gasteiger partial charge in [0, 0.05) is 11.7 Å². The van der Waals surface area contributed by atoms with Crippen molar-refractivity contribution < 1.29 is 0 Å². The Bertz CT molecular complexity index is 422. The van der Waals surface area contributed by atoms with E-state index in [1.165, 1.54) is 31.4 Å². The van der Waals surface area contributed by atoms with Gasteiger partial charge in [-0.05, 0) is 64.5 Å². The topological polar surface area (TPSA) is 29.9 Å². The number of aromatic nitrogens is 2. The summed E-state index contributed by atoms with van der Waals surface area (Å²) in [6, 6.07) is 2.88. The van der Waals surface area contributed by atoms with Gasteiger partial charge in [0.2, 0.25) is 0 Å². The standard InChI is InChI=1S/C18H33N3/c1-14(2)15(13-19-18(3,4)5)12-16-10-11-21(20-16)17-8-6-7-9-17/h10-11,14-15,17,19H,6-9,12-13H2,1-5H3. The van der Waals surface area contributed by atoms with Crippen molar-refractivity contribution >= 4 is 0 Å². The van der Waals surface area contributed by atoms with Crippen LogP contribution < -0.4 is 5.32 Å². The molecular weight excluding hydrogens is 258 g/mol. The highest BCUT2D eigenvalue weighted by Gasteiger charge is 2.21. The second kappa shape index (κ2) is 6.95. The lowest BCUT2D eigenvalue weighted by Crippen LogP contribution is -2.40. The summed E-state index contributed by atoms with van der Waals surface area (Å²) in [5.74, 6) is 1.33. The average molecular weight is 291 g/mol. The third-order valence-electron chi connectivity index (χ3n) is 4.67. The molecule has 0 saturated heterocycles. The first-order valence-electron chi connectivity index (χ1n) is 8.64. The quantitative estimate of drug-likeness (QED) is 0.851. The maximum Gasteiger partial charge on any atom is 0.0628 e. The highest BCUT2D eigenvalue weighted by Crippen LogP contribution is 2.29. The summed E-state index contributed by atoms with van der Waals surface area (Å²) in [6.07, 6.45) is 8.62. The highest BCUT2D eigenvalue weighted by atomic mass is 15.3. The van der Waals surface area contributed by atoms with Crippen molar-refractivity contribution in [3.8, 4) is 0 Å². The smallest absolute Gasteiger partial charge is 0.0628 e. The van der Waals surface area contributed by atoms with Crippen molar-refractivity contribution in [2.45, 2.75) is 78.3 Å². The Hall–Kier alpha value is -0.830. The molecule has 1 N–H and O–H groups in total. The second-order valence-electron chi connectivity index (χ2n) is 8.06. The van der Waals surface area contributed by atoms with E-state index in [0.29, 0.717) is 17.9 Å².